The molecule has 8 heteroatoms. The van der Waals surface area contributed by atoms with Crippen molar-refractivity contribution in [3.8, 4) is 0 Å². The summed E-state index contributed by atoms with van der Waals surface area (Å²) in [7, 11) is -3.59. The van der Waals surface area contributed by atoms with E-state index in [9.17, 15) is 13.2 Å². The number of fused-ring (bicyclic) bond motifs is 1. The molecule has 2 aromatic rings. The van der Waals surface area contributed by atoms with Crippen molar-refractivity contribution in [1.29, 1.82) is 0 Å². The molecule has 1 aliphatic rings. The SMILES string of the molecule is CCN(CCC(C)N1C(=O)OCc2cc(Cl)ccc21)S(=O)(=O)c1ccc(C)cc1. The maximum Gasteiger partial charge on any atom is 0.414 e. The van der Waals surface area contributed by atoms with Crippen molar-refractivity contribution < 1.29 is 17.9 Å². The molecule has 0 saturated carbocycles. The van der Waals surface area contributed by atoms with Gasteiger partial charge in [-0.1, -0.05) is 36.2 Å². The highest BCUT2D eigenvalue weighted by Gasteiger charge is 2.31. The van der Waals surface area contributed by atoms with Crippen LogP contribution in [0.5, 0.6) is 0 Å². The van der Waals surface area contributed by atoms with E-state index in [0.717, 1.165) is 16.8 Å². The zero-order chi connectivity index (χ0) is 21.2. The molecular formula is C21H25ClN2O4S. The second-order valence-corrected chi connectivity index (χ2v) is 9.52. The average molecular weight is 437 g/mol. The van der Waals surface area contributed by atoms with E-state index in [2.05, 4.69) is 0 Å². The molecule has 0 aromatic heterocycles. The van der Waals surface area contributed by atoms with Gasteiger partial charge in [-0.15, -0.1) is 0 Å². The molecular weight excluding hydrogens is 412 g/mol. The first-order valence-corrected chi connectivity index (χ1v) is 11.4. The number of rotatable bonds is 7. The summed E-state index contributed by atoms with van der Waals surface area (Å²) in [5.74, 6) is 0. The summed E-state index contributed by atoms with van der Waals surface area (Å²) in [4.78, 5) is 14.2. The first-order chi connectivity index (χ1) is 13.7. The Kier molecular flexibility index (Phi) is 6.51. The normalized spacial score (nSPS) is 15.2. The van der Waals surface area contributed by atoms with E-state index in [-0.39, 0.29) is 17.5 Å². The standard InChI is InChI=1S/C21H25ClN2O4S/c1-4-23(29(26,27)19-8-5-15(2)6-9-19)12-11-16(3)24-20-10-7-18(22)13-17(20)14-28-21(24)25/h5-10,13,16H,4,11-12,14H2,1-3H3. The van der Waals surface area contributed by atoms with Gasteiger partial charge in [0.2, 0.25) is 10.0 Å². The van der Waals surface area contributed by atoms with Crippen molar-refractivity contribution in [2.75, 3.05) is 18.0 Å². The topological polar surface area (TPSA) is 66.9 Å². The molecule has 156 valence electrons. The summed E-state index contributed by atoms with van der Waals surface area (Å²) < 4.78 is 32.6. The first kappa shape index (κ1) is 21.6. The fraction of sp³-hybridized carbons (Fsp3) is 0.381. The van der Waals surface area contributed by atoms with Crippen LogP contribution in [0.15, 0.2) is 47.4 Å². The number of halogens is 1. The number of hydrogen-bond acceptors (Lipinski definition) is 4. The van der Waals surface area contributed by atoms with Crippen LogP contribution in [0.4, 0.5) is 10.5 Å². The zero-order valence-corrected chi connectivity index (χ0v) is 18.3. The van der Waals surface area contributed by atoms with Crippen molar-refractivity contribution >= 4 is 33.4 Å². The van der Waals surface area contributed by atoms with E-state index >= 15 is 0 Å². The van der Waals surface area contributed by atoms with Gasteiger partial charge < -0.3 is 4.74 Å². The van der Waals surface area contributed by atoms with Gasteiger partial charge in [-0.2, -0.15) is 4.31 Å². The van der Waals surface area contributed by atoms with Gasteiger partial charge in [0, 0.05) is 29.7 Å². The summed E-state index contributed by atoms with van der Waals surface area (Å²) >= 11 is 6.05. The Morgan fingerprint density at radius 1 is 1.21 bits per heavy atom. The monoisotopic (exact) mass is 436 g/mol. The van der Waals surface area contributed by atoms with Crippen LogP contribution in [0.2, 0.25) is 5.02 Å². The summed E-state index contributed by atoms with van der Waals surface area (Å²) in [6.45, 7) is 6.43. The fourth-order valence-electron chi connectivity index (χ4n) is 3.40. The van der Waals surface area contributed by atoms with Crippen LogP contribution < -0.4 is 4.90 Å². The van der Waals surface area contributed by atoms with Crippen molar-refractivity contribution in [2.45, 2.75) is 44.7 Å². The van der Waals surface area contributed by atoms with E-state index in [1.54, 1.807) is 47.4 Å². The molecule has 0 saturated heterocycles. The Hall–Kier alpha value is -2.09. The highest BCUT2D eigenvalue weighted by Crippen LogP contribution is 2.32. The van der Waals surface area contributed by atoms with Gasteiger partial charge in [-0.05, 0) is 50.6 Å². The lowest BCUT2D eigenvalue weighted by atomic mass is 10.1. The highest BCUT2D eigenvalue weighted by atomic mass is 35.5. The van der Waals surface area contributed by atoms with E-state index in [4.69, 9.17) is 16.3 Å². The van der Waals surface area contributed by atoms with Crippen LogP contribution in [-0.4, -0.2) is 37.9 Å². The molecule has 0 radical (unpaired) electrons. The molecule has 2 aromatic carbocycles. The minimum atomic E-state index is -3.59. The van der Waals surface area contributed by atoms with Gasteiger partial charge >= 0.3 is 6.09 Å². The number of ether oxygens (including phenoxy) is 1. The fourth-order valence-corrected chi connectivity index (χ4v) is 5.06. The Labute approximate surface area is 177 Å². The summed E-state index contributed by atoms with van der Waals surface area (Å²) in [5.41, 5.74) is 2.59. The minimum absolute atomic E-state index is 0.181. The van der Waals surface area contributed by atoms with Gasteiger partial charge in [0.15, 0.2) is 0 Å². The summed E-state index contributed by atoms with van der Waals surface area (Å²) in [5, 5.41) is 0.579. The number of anilines is 1. The molecule has 6 nitrogen and oxygen atoms in total. The lowest BCUT2D eigenvalue weighted by Crippen LogP contribution is -2.44. The number of cyclic esters (lactones) is 1. The second-order valence-electron chi connectivity index (χ2n) is 7.15. The number of carbonyl (C=O) groups excluding carboxylic acids is 1. The molecule has 1 unspecified atom stereocenters. The van der Waals surface area contributed by atoms with Gasteiger partial charge in [-0.3, -0.25) is 4.90 Å². The molecule has 29 heavy (non-hydrogen) atoms. The third-order valence-corrected chi connectivity index (χ3v) is 7.32. The third kappa shape index (κ3) is 4.57. The average Bonchev–Trinajstić information content (AvgIpc) is 2.68. The van der Waals surface area contributed by atoms with E-state index in [1.165, 1.54) is 4.31 Å². The molecule has 0 fully saturated rings. The van der Waals surface area contributed by atoms with Crippen LogP contribution in [0.25, 0.3) is 0 Å². The Balaban J connectivity index is 1.76. The lowest BCUT2D eigenvalue weighted by molar-refractivity contribution is 0.139. The van der Waals surface area contributed by atoms with E-state index in [0.29, 0.717) is 24.5 Å². The van der Waals surface area contributed by atoms with Crippen molar-refractivity contribution in [3.63, 3.8) is 0 Å². The van der Waals surface area contributed by atoms with Crippen molar-refractivity contribution in [1.82, 2.24) is 4.31 Å². The number of benzene rings is 2. The number of hydrogen-bond donors (Lipinski definition) is 0. The number of sulfonamides is 1. The smallest absolute Gasteiger partial charge is 0.414 e. The summed E-state index contributed by atoms with van der Waals surface area (Å²) in [6, 6.07) is 11.9. The Morgan fingerprint density at radius 3 is 2.55 bits per heavy atom. The van der Waals surface area contributed by atoms with Crippen LogP contribution in [0.1, 0.15) is 31.4 Å². The molecule has 1 atom stereocenters. The maximum atomic E-state index is 13.0. The van der Waals surface area contributed by atoms with Gasteiger partial charge in [0.05, 0.1) is 10.6 Å². The third-order valence-electron chi connectivity index (χ3n) is 5.10. The number of aryl methyl sites for hydroxylation is 1. The lowest BCUT2D eigenvalue weighted by Gasteiger charge is -2.34. The molecule has 1 aliphatic heterocycles. The van der Waals surface area contributed by atoms with E-state index in [1.807, 2.05) is 20.8 Å². The van der Waals surface area contributed by atoms with Crippen molar-refractivity contribution in [2.24, 2.45) is 0 Å². The molecule has 0 spiro atoms. The van der Waals surface area contributed by atoms with Gasteiger partial charge in [0.25, 0.3) is 0 Å². The minimum Gasteiger partial charge on any atom is -0.444 e. The predicted molar refractivity (Wildman–Crippen MR) is 114 cm³/mol. The van der Waals surface area contributed by atoms with Crippen LogP contribution in [0, 0.1) is 6.92 Å². The molecule has 0 bridgehead atoms. The van der Waals surface area contributed by atoms with Crippen LogP contribution in [-0.2, 0) is 21.4 Å². The predicted octanol–water partition coefficient (Wildman–Crippen LogP) is 4.59. The molecule has 1 heterocycles. The van der Waals surface area contributed by atoms with Gasteiger partial charge in [0.1, 0.15) is 6.61 Å². The van der Waals surface area contributed by atoms with Crippen LogP contribution >= 0.6 is 11.6 Å². The van der Waals surface area contributed by atoms with Gasteiger partial charge in [-0.25, -0.2) is 13.2 Å². The Morgan fingerprint density at radius 2 is 1.90 bits per heavy atom. The number of nitrogens with zero attached hydrogens (tertiary/aromatic N) is 2. The van der Waals surface area contributed by atoms with Crippen molar-refractivity contribution in [3.05, 3.63) is 58.6 Å². The number of amides is 1. The quantitative estimate of drug-likeness (QED) is 0.636. The largest absolute Gasteiger partial charge is 0.444 e. The Bertz CT molecular complexity index is 992. The molecule has 0 N–H and O–H groups in total. The first-order valence-electron chi connectivity index (χ1n) is 9.55. The second kappa shape index (κ2) is 8.73. The van der Waals surface area contributed by atoms with Crippen LogP contribution in [0.3, 0.4) is 0 Å². The molecule has 3 rings (SSSR count). The zero-order valence-electron chi connectivity index (χ0n) is 16.8. The van der Waals surface area contributed by atoms with E-state index < -0.39 is 16.1 Å². The summed E-state index contributed by atoms with van der Waals surface area (Å²) in [6.07, 6.45) is 0.0348. The number of carbonyl (C=O) groups is 1. The highest BCUT2D eigenvalue weighted by molar-refractivity contribution is 7.89. The molecule has 1 amide bonds. The maximum absolute atomic E-state index is 13.0. The molecule has 0 aliphatic carbocycles.